The van der Waals surface area contributed by atoms with Gasteiger partial charge in [-0.2, -0.15) is 0 Å². The molecule has 1 heterocycles. The Hall–Kier alpha value is -1.23. The van der Waals surface area contributed by atoms with Crippen molar-refractivity contribution in [1.82, 2.24) is 0 Å². The molecular formula is C7H11N3O2. The molecule has 0 bridgehead atoms. The molecule has 1 atom stereocenters. The maximum atomic E-state index is 10.9. The Morgan fingerprint density at radius 3 is 3.17 bits per heavy atom. The molecule has 0 radical (unpaired) electrons. The van der Waals surface area contributed by atoms with Crippen LogP contribution in [0.2, 0.25) is 0 Å². The van der Waals surface area contributed by atoms with Crippen molar-refractivity contribution in [3.63, 3.8) is 0 Å². The van der Waals surface area contributed by atoms with Gasteiger partial charge in [0, 0.05) is 12.1 Å². The Morgan fingerprint density at radius 1 is 1.92 bits per heavy atom. The fourth-order valence-corrected chi connectivity index (χ4v) is 0.915. The van der Waals surface area contributed by atoms with Crippen molar-refractivity contribution in [1.29, 1.82) is 0 Å². The normalized spacial score (nSPS) is 17.3. The highest BCUT2D eigenvalue weighted by molar-refractivity contribution is 5.98. The molecule has 0 aromatic rings. The van der Waals surface area contributed by atoms with Gasteiger partial charge in [-0.3, -0.25) is 9.79 Å². The van der Waals surface area contributed by atoms with Crippen molar-refractivity contribution in [2.24, 2.45) is 15.7 Å². The van der Waals surface area contributed by atoms with E-state index >= 15 is 0 Å². The number of hydrogen-bond acceptors (Lipinski definition) is 5. The van der Waals surface area contributed by atoms with Crippen LogP contribution in [0.1, 0.15) is 6.42 Å². The smallest absolute Gasteiger partial charge is 0.323 e. The average Bonchev–Trinajstić information content (AvgIpc) is 2.55. The lowest BCUT2D eigenvalue weighted by Gasteiger charge is -2.07. The lowest BCUT2D eigenvalue weighted by Crippen LogP contribution is -2.34. The SMILES string of the molecule is COC(=O)[C@H](N)CC1=NC=NC1. The summed E-state index contributed by atoms with van der Waals surface area (Å²) in [5, 5.41) is 0. The third kappa shape index (κ3) is 2.13. The highest BCUT2D eigenvalue weighted by Crippen LogP contribution is 1.98. The zero-order chi connectivity index (χ0) is 8.97. The van der Waals surface area contributed by atoms with E-state index in [1.807, 2.05) is 0 Å². The Balaban J connectivity index is 2.36. The summed E-state index contributed by atoms with van der Waals surface area (Å²) in [5.74, 6) is -0.412. The number of carbonyl (C=O) groups is 1. The molecule has 5 heteroatoms. The fourth-order valence-electron chi connectivity index (χ4n) is 0.915. The van der Waals surface area contributed by atoms with E-state index in [4.69, 9.17) is 5.73 Å². The molecular weight excluding hydrogens is 158 g/mol. The molecule has 2 N–H and O–H groups in total. The van der Waals surface area contributed by atoms with E-state index in [0.717, 1.165) is 5.71 Å². The van der Waals surface area contributed by atoms with Crippen molar-refractivity contribution in [3.05, 3.63) is 0 Å². The van der Waals surface area contributed by atoms with Crippen LogP contribution in [0, 0.1) is 0 Å². The monoisotopic (exact) mass is 169 g/mol. The van der Waals surface area contributed by atoms with E-state index < -0.39 is 12.0 Å². The molecule has 1 aliphatic rings. The molecule has 0 spiro atoms. The van der Waals surface area contributed by atoms with Gasteiger partial charge >= 0.3 is 5.97 Å². The van der Waals surface area contributed by atoms with E-state index in [-0.39, 0.29) is 0 Å². The summed E-state index contributed by atoms with van der Waals surface area (Å²) < 4.78 is 4.46. The summed E-state index contributed by atoms with van der Waals surface area (Å²) in [6, 6.07) is -0.615. The van der Waals surface area contributed by atoms with Crippen molar-refractivity contribution in [2.75, 3.05) is 13.7 Å². The van der Waals surface area contributed by atoms with Crippen molar-refractivity contribution >= 4 is 18.0 Å². The predicted molar refractivity (Wildman–Crippen MR) is 45.4 cm³/mol. The molecule has 5 nitrogen and oxygen atoms in total. The molecule has 0 unspecified atom stereocenters. The Bertz CT molecular complexity index is 235. The molecule has 0 amide bonds. The summed E-state index contributed by atoms with van der Waals surface area (Å²) in [4.78, 5) is 18.7. The first-order chi connectivity index (χ1) is 5.74. The first kappa shape index (κ1) is 8.86. The van der Waals surface area contributed by atoms with Gasteiger partial charge in [0.1, 0.15) is 12.4 Å². The number of methoxy groups -OCH3 is 1. The number of carbonyl (C=O) groups excluding carboxylic acids is 1. The fraction of sp³-hybridized carbons (Fsp3) is 0.571. The summed E-state index contributed by atoms with van der Waals surface area (Å²) >= 11 is 0. The van der Waals surface area contributed by atoms with E-state index in [1.165, 1.54) is 13.4 Å². The molecule has 12 heavy (non-hydrogen) atoms. The van der Waals surface area contributed by atoms with Crippen LogP contribution >= 0.6 is 0 Å². The highest BCUT2D eigenvalue weighted by Gasteiger charge is 2.16. The first-order valence-electron chi connectivity index (χ1n) is 3.61. The first-order valence-corrected chi connectivity index (χ1v) is 3.61. The summed E-state index contributed by atoms with van der Waals surface area (Å²) in [6.07, 6.45) is 1.89. The van der Waals surface area contributed by atoms with Gasteiger partial charge in [0.15, 0.2) is 0 Å². The predicted octanol–water partition coefficient (Wildman–Crippen LogP) is -0.640. The number of rotatable bonds is 3. The third-order valence-electron chi connectivity index (χ3n) is 1.56. The quantitative estimate of drug-likeness (QED) is 0.571. The van der Waals surface area contributed by atoms with Crippen LogP contribution in [0.25, 0.3) is 0 Å². The van der Waals surface area contributed by atoms with Gasteiger partial charge in [-0.1, -0.05) is 0 Å². The Labute approximate surface area is 70.3 Å². The molecule has 1 rings (SSSR count). The van der Waals surface area contributed by atoms with Crippen LogP contribution in [0.3, 0.4) is 0 Å². The molecule has 0 saturated carbocycles. The average molecular weight is 169 g/mol. The van der Waals surface area contributed by atoms with E-state index in [1.54, 1.807) is 0 Å². The van der Waals surface area contributed by atoms with Gasteiger partial charge in [0.05, 0.1) is 13.7 Å². The van der Waals surface area contributed by atoms with E-state index in [9.17, 15) is 4.79 Å². The molecule has 0 aliphatic carbocycles. The molecule has 0 fully saturated rings. The zero-order valence-corrected chi connectivity index (χ0v) is 6.86. The number of esters is 1. The topological polar surface area (TPSA) is 77.0 Å². The van der Waals surface area contributed by atoms with Gasteiger partial charge in [-0.25, -0.2) is 4.99 Å². The van der Waals surface area contributed by atoms with E-state index in [0.29, 0.717) is 13.0 Å². The number of nitrogens with zero attached hydrogens (tertiary/aromatic N) is 2. The van der Waals surface area contributed by atoms with Crippen molar-refractivity contribution in [3.8, 4) is 0 Å². The van der Waals surface area contributed by atoms with Gasteiger partial charge in [0.25, 0.3) is 0 Å². The lowest BCUT2D eigenvalue weighted by atomic mass is 10.1. The van der Waals surface area contributed by atoms with Gasteiger partial charge in [-0.05, 0) is 0 Å². The number of nitrogens with two attached hydrogens (primary N) is 1. The highest BCUT2D eigenvalue weighted by atomic mass is 16.5. The van der Waals surface area contributed by atoms with Crippen LogP contribution in [0.5, 0.6) is 0 Å². The number of aliphatic imine (C=N–C) groups is 2. The standard InChI is InChI=1S/C7H11N3O2/c1-12-7(11)6(8)2-5-3-9-4-10-5/h4,6H,2-3,8H2,1H3/t6-/m1/s1. The minimum Gasteiger partial charge on any atom is -0.468 e. The molecule has 0 aromatic carbocycles. The van der Waals surface area contributed by atoms with Crippen molar-refractivity contribution < 1.29 is 9.53 Å². The second-order valence-electron chi connectivity index (χ2n) is 2.49. The van der Waals surface area contributed by atoms with Gasteiger partial charge in [-0.15, -0.1) is 0 Å². The second kappa shape index (κ2) is 3.96. The largest absolute Gasteiger partial charge is 0.468 e. The zero-order valence-electron chi connectivity index (χ0n) is 6.86. The Morgan fingerprint density at radius 2 is 2.67 bits per heavy atom. The van der Waals surface area contributed by atoms with Gasteiger partial charge < -0.3 is 10.5 Å². The van der Waals surface area contributed by atoms with Crippen LogP contribution in [0.15, 0.2) is 9.98 Å². The maximum absolute atomic E-state index is 10.9. The van der Waals surface area contributed by atoms with Gasteiger partial charge in [0.2, 0.25) is 0 Å². The third-order valence-corrected chi connectivity index (χ3v) is 1.56. The second-order valence-corrected chi connectivity index (χ2v) is 2.49. The van der Waals surface area contributed by atoms with Crippen LogP contribution < -0.4 is 5.73 Å². The van der Waals surface area contributed by atoms with Crippen LogP contribution in [-0.4, -0.2) is 37.7 Å². The van der Waals surface area contributed by atoms with Crippen LogP contribution in [0.4, 0.5) is 0 Å². The minimum atomic E-state index is -0.615. The molecule has 0 aromatic heterocycles. The molecule has 1 aliphatic heterocycles. The molecule has 0 saturated heterocycles. The summed E-state index contributed by atoms with van der Waals surface area (Å²) in [7, 11) is 1.31. The molecule has 66 valence electrons. The lowest BCUT2D eigenvalue weighted by molar-refractivity contribution is -0.141. The number of ether oxygens (including phenoxy) is 1. The summed E-state index contributed by atoms with van der Waals surface area (Å²) in [5.41, 5.74) is 6.32. The Kier molecular flexibility index (Phi) is 2.93. The van der Waals surface area contributed by atoms with Crippen LogP contribution in [-0.2, 0) is 9.53 Å². The number of hydrogen-bond donors (Lipinski definition) is 1. The maximum Gasteiger partial charge on any atom is 0.323 e. The summed E-state index contributed by atoms with van der Waals surface area (Å²) in [6.45, 7) is 0.546. The van der Waals surface area contributed by atoms with Crippen molar-refractivity contribution in [2.45, 2.75) is 12.5 Å². The van der Waals surface area contributed by atoms with E-state index in [2.05, 4.69) is 14.7 Å². The minimum absolute atomic E-state index is 0.412.